The average molecular weight is 434 g/mol. The third-order valence-corrected chi connectivity index (χ3v) is 5.18. The van der Waals surface area contributed by atoms with Crippen molar-refractivity contribution >= 4 is 22.6 Å². The molecule has 32 heavy (non-hydrogen) atoms. The minimum atomic E-state index is -0.555. The highest BCUT2D eigenvalue weighted by atomic mass is 16.5. The second-order valence-electron chi connectivity index (χ2n) is 7.21. The third-order valence-electron chi connectivity index (χ3n) is 5.18. The number of ether oxygens (including phenoxy) is 2. The van der Waals surface area contributed by atoms with Gasteiger partial charge < -0.3 is 19.2 Å². The highest BCUT2D eigenvalue weighted by molar-refractivity contribution is 5.93. The number of nitrogens with zero attached hydrogens (tertiary/aromatic N) is 3. The Labute approximate surface area is 183 Å². The number of benzene rings is 2. The topological polar surface area (TPSA) is 108 Å². The maximum absolute atomic E-state index is 12.6. The quantitative estimate of drug-likeness (QED) is 0.446. The molecular weight excluding hydrogens is 412 g/mol. The zero-order valence-electron chi connectivity index (χ0n) is 17.9. The summed E-state index contributed by atoms with van der Waals surface area (Å²) in [6, 6.07) is 10.7. The van der Waals surface area contributed by atoms with Crippen LogP contribution in [0.15, 0.2) is 58.3 Å². The lowest BCUT2D eigenvalue weighted by molar-refractivity contribution is -0.115. The van der Waals surface area contributed by atoms with Gasteiger partial charge in [-0.05, 0) is 36.2 Å². The molecule has 0 bridgehead atoms. The molecule has 0 spiro atoms. The number of aromatic nitrogens is 3. The Morgan fingerprint density at radius 1 is 1.12 bits per heavy atom. The summed E-state index contributed by atoms with van der Waals surface area (Å²) in [5.74, 6) is 0.655. The van der Waals surface area contributed by atoms with Gasteiger partial charge in [0.15, 0.2) is 11.5 Å². The molecule has 0 atom stereocenters. The number of hydrogen-bond donors (Lipinski definition) is 1. The summed E-state index contributed by atoms with van der Waals surface area (Å²) >= 11 is 0. The van der Waals surface area contributed by atoms with E-state index >= 15 is 0 Å². The van der Waals surface area contributed by atoms with Gasteiger partial charge in [0.25, 0.3) is 0 Å². The smallest absolute Gasteiger partial charge is 0.340 e. The van der Waals surface area contributed by atoms with E-state index < -0.39 is 5.63 Å². The molecule has 0 radical (unpaired) electrons. The van der Waals surface area contributed by atoms with E-state index in [1.165, 1.54) is 20.5 Å². The first-order valence-corrected chi connectivity index (χ1v) is 9.88. The molecule has 2 heterocycles. The summed E-state index contributed by atoms with van der Waals surface area (Å²) in [7, 11) is 3.04. The minimum Gasteiger partial charge on any atom is -0.493 e. The van der Waals surface area contributed by atoms with Gasteiger partial charge in [0.05, 0.1) is 32.7 Å². The highest BCUT2D eigenvalue weighted by Gasteiger charge is 2.17. The van der Waals surface area contributed by atoms with Gasteiger partial charge in [0.1, 0.15) is 18.2 Å². The molecule has 1 N–H and O–H groups in total. The number of carbonyl (C=O) groups excluding carboxylic acids is 1. The van der Waals surface area contributed by atoms with Gasteiger partial charge in [-0.15, -0.1) is 0 Å². The molecule has 0 fully saturated rings. The molecule has 0 aliphatic heterocycles. The zero-order chi connectivity index (χ0) is 22.7. The van der Waals surface area contributed by atoms with Gasteiger partial charge >= 0.3 is 5.63 Å². The van der Waals surface area contributed by atoms with Crippen LogP contribution in [0.2, 0.25) is 0 Å². The second kappa shape index (κ2) is 8.93. The lowest BCUT2D eigenvalue weighted by Crippen LogP contribution is -2.20. The van der Waals surface area contributed by atoms with Gasteiger partial charge in [-0.2, -0.15) is 5.10 Å². The molecule has 9 nitrogen and oxygen atoms in total. The Morgan fingerprint density at radius 3 is 2.50 bits per heavy atom. The molecule has 0 saturated carbocycles. The first-order chi connectivity index (χ1) is 15.5. The SMILES string of the molecule is COc1cc2oc(=O)c(CC(=O)Nc3ccc(Cn4cncn4)cc3)c(C)c2cc1OC. The van der Waals surface area contributed by atoms with Crippen LogP contribution >= 0.6 is 0 Å². The molecule has 9 heteroatoms. The summed E-state index contributed by atoms with van der Waals surface area (Å²) in [5, 5.41) is 7.57. The number of amides is 1. The van der Waals surface area contributed by atoms with Crippen LogP contribution in [-0.4, -0.2) is 34.9 Å². The number of hydrogen-bond acceptors (Lipinski definition) is 7. The van der Waals surface area contributed by atoms with Crippen molar-refractivity contribution in [3.8, 4) is 11.5 Å². The first kappa shape index (κ1) is 21.1. The fourth-order valence-electron chi connectivity index (χ4n) is 3.48. The summed E-state index contributed by atoms with van der Waals surface area (Å²) in [6.45, 7) is 2.37. The normalized spacial score (nSPS) is 10.8. The summed E-state index contributed by atoms with van der Waals surface area (Å²) in [4.78, 5) is 29.1. The van der Waals surface area contributed by atoms with Gasteiger partial charge in [-0.25, -0.2) is 14.5 Å². The number of methoxy groups -OCH3 is 2. The Hall–Kier alpha value is -4.14. The van der Waals surface area contributed by atoms with E-state index in [1.54, 1.807) is 42.2 Å². The minimum absolute atomic E-state index is 0.112. The van der Waals surface area contributed by atoms with E-state index in [1.807, 2.05) is 12.1 Å². The van der Waals surface area contributed by atoms with E-state index in [2.05, 4.69) is 15.4 Å². The highest BCUT2D eigenvalue weighted by Crippen LogP contribution is 2.33. The molecule has 1 amide bonds. The van der Waals surface area contributed by atoms with Crippen LogP contribution in [0.1, 0.15) is 16.7 Å². The van der Waals surface area contributed by atoms with Gasteiger partial charge in [0.2, 0.25) is 5.91 Å². The molecule has 4 rings (SSSR count). The molecule has 0 aliphatic rings. The summed E-state index contributed by atoms with van der Waals surface area (Å²) in [5.41, 5.74) is 2.42. The summed E-state index contributed by atoms with van der Waals surface area (Å²) < 4.78 is 17.8. The second-order valence-corrected chi connectivity index (χ2v) is 7.21. The third kappa shape index (κ3) is 4.31. The first-order valence-electron chi connectivity index (χ1n) is 9.88. The molecule has 2 aromatic heterocycles. The molecule has 0 saturated heterocycles. The van der Waals surface area contributed by atoms with Crippen LogP contribution in [-0.2, 0) is 17.8 Å². The number of rotatable bonds is 7. The molecular formula is C23H22N4O5. The average Bonchev–Trinajstić information content (AvgIpc) is 3.30. The standard InChI is InChI=1S/C23H22N4O5/c1-14-17-8-20(30-2)21(31-3)10-19(17)32-23(29)18(14)9-22(28)26-16-6-4-15(5-7-16)11-27-13-24-12-25-27/h4-8,10,12-13H,9,11H2,1-3H3,(H,26,28). The van der Waals surface area contributed by atoms with Gasteiger partial charge in [-0.3, -0.25) is 4.79 Å². The van der Waals surface area contributed by atoms with Crippen molar-refractivity contribution in [1.29, 1.82) is 0 Å². The van der Waals surface area contributed by atoms with Crippen molar-refractivity contribution < 1.29 is 18.7 Å². The molecule has 4 aromatic rings. The number of fused-ring (bicyclic) bond motifs is 1. The zero-order valence-corrected chi connectivity index (χ0v) is 17.9. The molecule has 164 valence electrons. The molecule has 2 aromatic carbocycles. The van der Waals surface area contributed by atoms with Crippen LogP contribution in [0.25, 0.3) is 11.0 Å². The predicted molar refractivity (Wildman–Crippen MR) is 118 cm³/mol. The number of carbonyl (C=O) groups is 1. The molecule has 0 aliphatic carbocycles. The predicted octanol–water partition coefficient (Wildman–Crippen LogP) is 2.94. The maximum atomic E-state index is 12.6. The Balaban J connectivity index is 1.52. The Bertz CT molecular complexity index is 1310. The van der Waals surface area contributed by atoms with Crippen molar-refractivity contribution in [3.05, 3.63) is 76.2 Å². The largest absolute Gasteiger partial charge is 0.493 e. The van der Waals surface area contributed by atoms with Crippen LogP contribution in [0.3, 0.4) is 0 Å². The van der Waals surface area contributed by atoms with Crippen molar-refractivity contribution in [2.24, 2.45) is 0 Å². The molecule has 0 unspecified atom stereocenters. The van der Waals surface area contributed by atoms with Gasteiger partial charge in [-0.1, -0.05) is 12.1 Å². The van der Waals surface area contributed by atoms with Crippen molar-refractivity contribution in [2.75, 3.05) is 19.5 Å². The van der Waals surface area contributed by atoms with Crippen molar-refractivity contribution in [3.63, 3.8) is 0 Å². The van der Waals surface area contributed by atoms with E-state index in [9.17, 15) is 9.59 Å². The lowest BCUT2D eigenvalue weighted by Gasteiger charge is -2.12. The van der Waals surface area contributed by atoms with Gasteiger partial charge in [0, 0.05) is 17.1 Å². The van der Waals surface area contributed by atoms with Crippen LogP contribution in [0.5, 0.6) is 11.5 Å². The van der Waals surface area contributed by atoms with E-state index in [4.69, 9.17) is 13.9 Å². The van der Waals surface area contributed by atoms with Crippen molar-refractivity contribution in [1.82, 2.24) is 14.8 Å². The number of anilines is 1. The number of aryl methyl sites for hydroxylation is 1. The van der Waals surface area contributed by atoms with Crippen LogP contribution in [0, 0.1) is 6.92 Å². The maximum Gasteiger partial charge on any atom is 0.340 e. The fraction of sp³-hybridized carbons (Fsp3) is 0.217. The van der Waals surface area contributed by atoms with E-state index in [0.29, 0.717) is 45.8 Å². The summed E-state index contributed by atoms with van der Waals surface area (Å²) in [6.07, 6.45) is 3.00. The lowest BCUT2D eigenvalue weighted by atomic mass is 10.0. The van der Waals surface area contributed by atoms with Crippen molar-refractivity contribution in [2.45, 2.75) is 19.9 Å². The Kier molecular flexibility index (Phi) is 5.89. The van der Waals surface area contributed by atoms with E-state index in [-0.39, 0.29) is 12.3 Å². The number of nitrogens with one attached hydrogen (secondary N) is 1. The van der Waals surface area contributed by atoms with Crippen LogP contribution in [0.4, 0.5) is 5.69 Å². The monoisotopic (exact) mass is 434 g/mol. The Morgan fingerprint density at radius 2 is 1.84 bits per heavy atom. The van der Waals surface area contributed by atoms with E-state index in [0.717, 1.165) is 5.56 Å². The van der Waals surface area contributed by atoms with Crippen LogP contribution < -0.4 is 20.4 Å². The fourth-order valence-corrected chi connectivity index (χ4v) is 3.48.